The van der Waals surface area contributed by atoms with Gasteiger partial charge in [-0.25, -0.2) is 4.98 Å². The van der Waals surface area contributed by atoms with Crippen molar-refractivity contribution in [1.82, 2.24) is 14.6 Å². The maximum Gasteiger partial charge on any atom is 0.158 e. The minimum Gasteiger partial charge on any atom is -0.508 e. The van der Waals surface area contributed by atoms with Crippen LogP contribution in [0.15, 0.2) is 72.9 Å². The van der Waals surface area contributed by atoms with Gasteiger partial charge in [0.2, 0.25) is 0 Å². The van der Waals surface area contributed by atoms with Crippen LogP contribution in [0.2, 0.25) is 0 Å². The summed E-state index contributed by atoms with van der Waals surface area (Å²) in [6.07, 6.45) is 1.73. The number of aromatic nitrogens is 3. The standard InChI is InChI=1S/C19H16N4O/c1-22(15-7-3-2-4-8-15)19-13-17(14-6-5-9-16(24)12-14)21-18-10-11-20-23(18)19/h2-13,24H,1H3. The Hall–Kier alpha value is -3.34. The van der Waals surface area contributed by atoms with Crippen molar-refractivity contribution in [3.8, 4) is 17.0 Å². The molecule has 5 heteroatoms. The van der Waals surface area contributed by atoms with E-state index in [4.69, 9.17) is 0 Å². The van der Waals surface area contributed by atoms with E-state index in [0.717, 1.165) is 28.4 Å². The lowest BCUT2D eigenvalue weighted by Gasteiger charge is -2.21. The van der Waals surface area contributed by atoms with Crippen LogP contribution in [0.1, 0.15) is 0 Å². The number of benzene rings is 2. The molecule has 0 amide bonds. The van der Waals surface area contributed by atoms with Gasteiger partial charge in [-0.3, -0.25) is 0 Å². The van der Waals surface area contributed by atoms with Crippen molar-refractivity contribution >= 4 is 17.2 Å². The normalized spacial score (nSPS) is 10.9. The maximum absolute atomic E-state index is 9.75. The van der Waals surface area contributed by atoms with E-state index in [1.165, 1.54) is 0 Å². The van der Waals surface area contributed by atoms with Crippen molar-refractivity contribution in [1.29, 1.82) is 0 Å². The number of anilines is 2. The topological polar surface area (TPSA) is 53.7 Å². The fourth-order valence-electron chi connectivity index (χ4n) is 2.73. The number of hydrogen-bond donors (Lipinski definition) is 1. The molecule has 2 heterocycles. The minimum absolute atomic E-state index is 0.223. The van der Waals surface area contributed by atoms with E-state index >= 15 is 0 Å². The van der Waals surface area contributed by atoms with Crippen LogP contribution in [-0.4, -0.2) is 26.8 Å². The summed E-state index contributed by atoms with van der Waals surface area (Å²) >= 11 is 0. The van der Waals surface area contributed by atoms with Gasteiger partial charge in [0.15, 0.2) is 5.65 Å². The summed E-state index contributed by atoms with van der Waals surface area (Å²) in [5, 5.41) is 14.1. The molecule has 1 N–H and O–H groups in total. The highest BCUT2D eigenvalue weighted by atomic mass is 16.3. The molecule has 0 saturated heterocycles. The first kappa shape index (κ1) is 14.3. The Morgan fingerprint density at radius 3 is 2.58 bits per heavy atom. The van der Waals surface area contributed by atoms with Crippen molar-refractivity contribution in [2.75, 3.05) is 11.9 Å². The summed E-state index contributed by atoms with van der Waals surface area (Å²) in [4.78, 5) is 6.71. The van der Waals surface area contributed by atoms with Crippen molar-refractivity contribution in [2.24, 2.45) is 0 Å². The van der Waals surface area contributed by atoms with Gasteiger partial charge in [-0.05, 0) is 24.3 Å². The van der Waals surface area contributed by atoms with E-state index in [-0.39, 0.29) is 5.75 Å². The zero-order valence-electron chi connectivity index (χ0n) is 13.2. The first-order valence-corrected chi connectivity index (χ1v) is 7.65. The molecule has 0 unspecified atom stereocenters. The fourth-order valence-corrected chi connectivity index (χ4v) is 2.73. The average molecular weight is 316 g/mol. The molecular weight excluding hydrogens is 300 g/mol. The predicted molar refractivity (Wildman–Crippen MR) is 94.6 cm³/mol. The summed E-state index contributed by atoms with van der Waals surface area (Å²) < 4.78 is 1.80. The summed E-state index contributed by atoms with van der Waals surface area (Å²) in [5.74, 6) is 1.12. The molecule has 0 fully saturated rings. The lowest BCUT2D eigenvalue weighted by atomic mass is 10.1. The van der Waals surface area contributed by atoms with Gasteiger partial charge < -0.3 is 10.0 Å². The Labute approximate surface area is 139 Å². The third-order valence-corrected chi connectivity index (χ3v) is 3.97. The molecule has 0 spiro atoms. The van der Waals surface area contributed by atoms with Crippen molar-refractivity contribution < 1.29 is 5.11 Å². The number of para-hydroxylation sites is 1. The zero-order chi connectivity index (χ0) is 16.5. The monoisotopic (exact) mass is 316 g/mol. The van der Waals surface area contributed by atoms with Crippen molar-refractivity contribution in [2.45, 2.75) is 0 Å². The number of hydrogen-bond acceptors (Lipinski definition) is 4. The highest BCUT2D eigenvalue weighted by Crippen LogP contribution is 2.29. The Balaban J connectivity index is 1.90. The molecule has 0 radical (unpaired) electrons. The van der Waals surface area contributed by atoms with Crippen LogP contribution in [0.4, 0.5) is 11.5 Å². The van der Waals surface area contributed by atoms with Crippen LogP contribution in [0.25, 0.3) is 16.9 Å². The van der Waals surface area contributed by atoms with Crippen molar-refractivity contribution in [3.05, 3.63) is 72.9 Å². The quantitative estimate of drug-likeness (QED) is 0.623. The molecule has 24 heavy (non-hydrogen) atoms. The number of nitrogens with zero attached hydrogens (tertiary/aromatic N) is 4. The van der Waals surface area contributed by atoms with Gasteiger partial charge in [0.05, 0.1) is 11.9 Å². The summed E-state index contributed by atoms with van der Waals surface area (Å²) in [7, 11) is 2.00. The van der Waals surface area contributed by atoms with E-state index in [1.54, 1.807) is 22.8 Å². The van der Waals surface area contributed by atoms with Gasteiger partial charge in [0.25, 0.3) is 0 Å². The van der Waals surface area contributed by atoms with Gasteiger partial charge in [-0.1, -0.05) is 30.3 Å². The largest absolute Gasteiger partial charge is 0.508 e. The minimum atomic E-state index is 0.223. The van der Waals surface area contributed by atoms with E-state index in [2.05, 4.69) is 15.0 Å². The molecule has 4 rings (SSSR count). The second kappa shape index (κ2) is 5.70. The second-order valence-corrected chi connectivity index (χ2v) is 5.55. The van der Waals surface area contributed by atoms with E-state index in [0.29, 0.717) is 0 Å². The molecule has 118 valence electrons. The van der Waals surface area contributed by atoms with Crippen LogP contribution in [0.5, 0.6) is 5.75 Å². The molecule has 0 saturated carbocycles. The molecule has 4 aromatic rings. The van der Waals surface area contributed by atoms with Gasteiger partial charge in [-0.15, -0.1) is 0 Å². The van der Waals surface area contributed by atoms with Gasteiger partial charge >= 0.3 is 0 Å². The number of aromatic hydroxyl groups is 1. The van der Waals surface area contributed by atoms with Crippen LogP contribution in [0.3, 0.4) is 0 Å². The highest BCUT2D eigenvalue weighted by Gasteiger charge is 2.13. The molecule has 5 nitrogen and oxygen atoms in total. The van der Waals surface area contributed by atoms with Gasteiger partial charge in [0, 0.05) is 30.4 Å². The second-order valence-electron chi connectivity index (χ2n) is 5.55. The van der Waals surface area contributed by atoms with Crippen LogP contribution >= 0.6 is 0 Å². The average Bonchev–Trinajstić information content (AvgIpc) is 3.09. The lowest BCUT2D eigenvalue weighted by molar-refractivity contribution is 0.475. The molecular formula is C19H16N4O. The number of phenols is 1. The smallest absolute Gasteiger partial charge is 0.158 e. The first-order chi connectivity index (χ1) is 11.7. The fraction of sp³-hybridized carbons (Fsp3) is 0.0526. The van der Waals surface area contributed by atoms with Gasteiger partial charge in [-0.2, -0.15) is 9.61 Å². The Morgan fingerprint density at radius 2 is 1.79 bits per heavy atom. The van der Waals surface area contributed by atoms with Crippen LogP contribution in [-0.2, 0) is 0 Å². The third-order valence-electron chi connectivity index (χ3n) is 3.97. The molecule has 0 aliphatic carbocycles. The molecule has 0 atom stereocenters. The predicted octanol–water partition coefficient (Wildman–Crippen LogP) is 3.87. The molecule has 2 aromatic carbocycles. The maximum atomic E-state index is 9.75. The van der Waals surface area contributed by atoms with Crippen LogP contribution < -0.4 is 4.90 Å². The van der Waals surface area contributed by atoms with Gasteiger partial charge in [0.1, 0.15) is 11.6 Å². The Morgan fingerprint density at radius 1 is 0.958 bits per heavy atom. The molecule has 0 aliphatic heterocycles. The number of rotatable bonds is 3. The number of fused-ring (bicyclic) bond motifs is 1. The molecule has 2 aromatic heterocycles. The van der Waals surface area contributed by atoms with E-state index < -0.39 is 0 Å². The first-order valence-electron chi connectivity index (χ1n) is 7.65. The molecule has 0 aliphatic rings. The SMILES string of the molecule is CN(c1ccccc1)c1cc(-c2cccc(O)c2)nc2ccnn12. The van der Waals surface area contributed by atoms with Crippen LogP contribution in [0, 0.1) is 0 Å². The summed E-state index contributed by atoms with van der Waals surface area (Å²) in [6, 6.07) is 21.0. The zero-order valence-corrected chi connectivity index (χ0v) is 13.2. The highest BCUT2D eigenvalue weighted by molar-refractivity contribution is 5.71. The lowest BCUT2D eigenvalue weighted by Crippen LogP contribution is -2.14. The summed E-state index contributed by atoms with van der Waals surface area (Å²) in [6.45, 7) is 0. The van der Waals surface area contributed by atoms with E-state index in [9.17, 15) is 5.11 Å². The van der Waals surface area contributed by atoms with Crippen molar-refractivity contribution in [3.63, 3.8) is 0 Å². The third kappa shape index (κ3) is 2.46. The number of phenolic OH excluding ortho intramolecular Hbond substituents is 1. The van der Waals surface area contributed by atoms with E-state index in [1.807, 2.05) is 61.6 Å². The molecule has 0 bridgehead atoms. The Kier molecular flexibility index (Phi) is 3.39. The Bertz CT molecular complexity index is 995. The summed E-state index contributed by atoms with van der Waals surface area (Å²) in [5.41, 5.74) is 3.47.